The van der Waals surface area contributed by atoms with Crippen molar-refractivity contribution in [3.63, 3.8) is 0 Å². The molecule has 110 valence electrons. The SMILES string of the molecule is COc1cccc(CN2CCC(CCC(=O)O)C2)c1O. The molecule has 1 aliphatic rings. The molecule has 5 heteroatoms. The number of aromatic hydroxyl groups is 1. The Morgan fingerprint density at radius 2 is 2.30 bits per heavy atom. The molecule has 1 aromatic carbocycles. The number of nitrogens with zero attached hydrogens (tertiary/aromatic N) is 1. The van der Waals surface area contributed by atoms with Gasteiger partial charge in [0.25, 0.3) is 0 Å². The maximum absolute atomic E-state index is 10.6. The van der Waals surface area contributed by atoms with Crippen LogP contribution < -0.4 is 4.74 Å². The van der Waals surface area contributed by atoms with Gasteiger partial charge in [-0.1, -0.05) is 12.1 Å². The van der Waals surface area contributed by atoms with Gasteiger partial charge < -0.3 is 14.9 Å². The topological polar surface area (TPSA) is 70.0 Å². The maximum atomic E-state index is 10.6. The summed E-state index contributed by atoms with van der Waals surface area (Å²) in [6, 6.07) is 5.49. The number of benzene rings is 1. The molecule has 2 N–H and O–H groups in total. The third-order valence-corrected chi connectivity index (χ3v) is 3.83. The van der Waals surface area contributed by atoms with E-state index in [-0.39, 0.29) is 12.2 Å². The first-order valence-corrected chi connectivity index (χ1v) is 6.89. The van der Waals surface area contributed by atoms with E-state index in [1.807, 2.05) is 12.1 Å². The molecule has 0 spiro atoms. The van der Waals surface area contributed by atoms with Crippen molar-refractivity contribution in [2.45, 2.75) is 25.8 Å². The van der Waals surface area contributed by atoms with Gasteiger partial charge in [0.15, 0.2) is 11.5 Å². The van der Waals surface area contributed by atoms with Gasteiger partial charge in [-0.15, -0.1) is 0 Å². The molecule has 2 rings (SSSR count). The number of phenolic OH excluding ortho intramolecular Hbond substituents is 1. The van der Waals surface area contributed by atoms with E-state index >= 15 is 0 Å². The number of hydrogen-bond acceptors (Lipinski definition) is 4. The number of phenols is 1. The summed E-state index contributed by atoms with van der Waals surface area (Å²) < 4.78 is 5.10. The van der Waals surface area contributed by atoms with Gasteiger partial charge in [0.05, 0.1) is 7.11 Å². The van der Waals surface area contributed by atoms with E-state index < -0.39 is 5.97 Å². The molecular weight excluding hydrogens is 258 g/mol. The second kappa shape index (κ2) is 6.61. The second-order valence-corrected chi connectivity index (χ2v) is 5.29. The number of para-hydroxylation sites is 1. The molecule has 1 unspecified atom stereocenters. The summed E-state index contributed by atoms with van der Waals surface area (Å²) in [7, 11) is 1.54. The van der Waals surface area contributed by atoms with Gasteiger partial charge in [-0.25, -0.2) is 0 Å². The predicted octanol–water partition coefficient (Wildman–Crippen LogP) is 2.09. The minimum absolute atomic E-state index is 0.198. The van der Waals surface area contributed by atoms with Crippen LogP contribution >= 0.6 is 0 Å². The largest absolute Gasteiger partial charge is 0.504 e. The molecule has 1 saturated heterocycles. The average molecular weight is 279 g/mol. The van der Waals surface area contributed by atoms with Gasteiger partial charge in [-0.2, -0.15) is 0 Å². The molecular formula is C15H21NO4. The van der Waals surface area contributed by atoms with Gasteiger partial charge in [-0.05, 0) is 31.4 Å². The third-order valence-electron chi connectivity index (χ3n) is 3.83. The zero-order valence-corrected chi connectivity index (χ0v) is 11.7. The van der Waals surface area contributed by atoms with Crippen LogP contribution in [0, 0.1) is 5.92 Å². The Morgan fingerprint density at radius 1 is 1.50 bits per heavy atom. The Balaban J connectivity index is 1.90. The van der Waals surface area contributed by atoms with Crippen LogP contribution in [0.1, 0.15) is 24.8 Å². The summed E-state index contributed by atoms with van der Waals surface area (Å²) in [6.45, 7) is 2.51. The molecule has 0 amide bonds. The first-order chi connectivity index (χ1) is 9.60. The highest BCUT2D eigenvalue weighted by molar-refractivity contribution is 5.66. The number of hydrogen-bond donors (Lipinski definition) is 2. The van der Waals surface area contributed by atoms with Crippen molar-refractivity contribution in [1.82, 2.24) is 4.90 Å². The van der Waals surface area contributed by atoms with Gasteiger partial charge in [-0.3, -0.25) is 9.69 Å². The number of rotatable bonds is 6. The number of likely N-dealkylation sites (tertiary alicyclic amines) is 1. The van der Waals surface area contributed by atoms with E-state index in [0.29, 0.717) is 18.2 Å². The minimum atomic E-state index is -0.728. The fourth-order valence-electron chi connectivity index (χ4n) is 2.72. The first kappa shape index (κ1) is 14.7. The molecule has 0 aromatic heterocycles. The number of ether oxygens (including phenoxy) is 1. The molecule has 0 radical (unpaired) electrons. The van der Waals surface area contributed by atoms with Crippen molar-refractivity contribution in [1.29, 1.82) is 0 Å². The molecule has 5 nitrogen and oxygen atoms in total. The Hall–Kier alpha value is -1.75. The van der Waals surface area contributed by atoms with Gasteiger partial charge in [0, 0.05) is 25.1 Å². The lowest BCUT2D eigenvalue weighted by molar-refractivity contribution is -0.137. The molecule has 20 heavy (non-hydrogen) atoms. The van der Waals surface area contributed by atoms with Crippen LogP contribution in [0.15, 0.2) is 18.2 Å². The van der Waals surface area contributed by atoms with Crippen LogP contribution in [0.4, 0.5) is 0 Å². The predicted molar refractivity (Wildman–Crippen MR) is 74.9 cm³/mol. The number of carboxylic acids is 1. The molecule has 1 fully saturated rings. The normalized spacial score (nSPS) is 19.1. The fourth-order valence-corrected chi connectivity index (χ4v) is 2.72. The van der Waals surface area contributed by atoms with Crippen molar-refractivity contribution in [3.05, 3.63) is 23.8 Å². The first-order valence-electron chi connectivity index (χ1n) is 6.89. The Kier molecular flexibility index (Phi) is 4.84. The van der Waals surface area contributed by atoms with Crippen molar-refractivity contribution >= 4 is 5.97 Å². The van der Waals surface area contributed by atoms with Crippen LogP contribution in [0.25, 0.3) is 0 Å². The monoisotopic (exact) mass is 279 g/mol. The van der Waals surface area contributed by atoms with Crippen molar-refractivity contribution in [2.24, 2.45) is 5.92 Å². The maximum Gasteiger partial charge on any atom is 0.303 e. The third kappa shape index (κ3) is 3.63. The Morgan fingerprint density at radius 3 is 3.00 bits per heavy atom. The van der Waals surface area contributed by atoms with Gasteiger partial charge in [0.1, 0.15) is 0 Å². The molecule has 0 bridgehead atoms. The lowest BCUT2D eigenvalue weighted by atomic mass is 10.0. The van der Waals surface area contributed by atoms with Crippen molar-refractivity contribution in [2.75, 3.05) is 20.2 Å². The highest BCUT2D eigenvalue weighted by Crippen LogP contribution is 2.31. The Labute approximate surface area is 118 Å². The van der Waals surface area contributed by atoms with E-state index in [4.69, 9.17) is 9.84 Å². The Bertz CT molecular complexity index is 475. The molecule has 1 heterocycles. The molecule has 1 aromatic rings. The number of aliphatic carboxylic acids is 1. The smallest absolute Gasteiger partial charge is 0.303 e. The highest BCUT2D eigenvalue weighted by Gasteiger charge is 2.23. The van der Waals surface area contributed by atoms with E-state index in [1.54, 1.807) is 6.07 Å². The molecule has 0 aliphatic carbocycles. The van der Waals surface area contributed by atoms with E-state index in [0.717, 1.165) is 31.5 Å². The number of carboxylic acid groups (broad SMARTS) is 1. The number of methoxy groups -OCH3 is 1. The molecule has 0 saturated carbocycles. The van der Waals surface area contributed by atoms with Crippen molar-refractivity contribution < 1.29 is 19.7 Å². The minimum Gasteiger partial charge on any atom is -0.504 e. The molecule has 1 aliphatic heterocycles. The lowest BCUT2D eigenvalue weighted by Gasteiger charge is -2.17. The van der Waals surface area contributed by atoms with Gasteiger partial charge in [0.2, 0.25) is 0 Å². The van der Waals surface area contributed by atoms with Crippen LogP contribution in [0.2, 0.25) is 0 Å². The van der Waals surface area contributed by atoms with E-state index in [1.165, 1.54) is 7.11 Å². The summed E-state index contributed by atoms with van der Waals surface area (Å²) in [4.78, 5) is 12.8. The van der Waals surface area contributed by atoms with Gasteiger partial charge >= 0.3 is 5.97 Å². The van der Waals surface area contributed by atoms with Crippen LogP contribution in [-0.4, -0.2) is 41.3 Å². The quantitative estimate of drug-likeness (QED) is 0.834. The summed E-state index contributed by atoms with van der Waals surface area (Å²) in [5, 5.41) is 18.8. The van der Waals surface area contributed by atoms with Crippen molar-refractivity contribution in [3.8, 4) is 11.5 Å². The summed E-state index contributed by atoms with van der Waals surface area (Å²) in [5.41, 5.74) is 0.850. The number of carbonyl (C=O) groups is 1. The summed E-state index contributed by atoms with van der Waals surface area (Å²) in [6.07, 6.45) is 2.00. The standard InChI is InChI=1S/C15H21NO4/c1-20-13-4-2-3-12(15(13)19)10-16-8-7-11(9-16)5-6-14(17)18/h2-4,11,19H,5-10H2,1H3,(H,17,18). The summed E-state index contributed by atoms with van der Waals surface area (Å²) in [5.74, 6) is 0.404. The average Bonchev–Trinajstić information content (AvgIpc) is 2.86. The summed E-state index contributed by atoms with van der Waals surface area (Å²) >= 11 is 0. The lowest BCUT2D eigenvalue weighted by Crippen LogP contribution is -2.20. The van der Waals surface area contributed by atoms with E-state index in [9.17, 15) is 9.90 Å². The van der Waals surface area contributed by atoms with Crippen LogP contribution in [0.3, 0.4) is 0 Å². The van der Waals surface area contributed by atoms with Crippen LogP contribution in [-0.2, 0) is 11.3 Å². The second-order valence-electron chi connectivity index (χ2n) is 5.29. The fraction of sp³-hybridized carbons (Fsp3) is 0.533. The van der Waals surface area contributed by atoms with Crippen LogP contribution in [0.5, 0.6) is 11.5 Å². The zero-order chi connectivity index (χ0) is 14.5. The van der Waals surface area contributed by atoms with E-state index in [2.05, 4.69) is 4.90 Å². The highest BCUT2D eigenvalue weighted by atomic mass is 16.5. The zero-order valence-electron chi connectivity index (χ0n) is 11.7. The molecule has 1 atom stereocenters.